The van der Waals surface area contributed by atoms with Crippen molar-refractivity contribution in [1.29, 1.82) is 0 Å². The van der Waals surface area contributed by atoms with Crippen molar-refractivity contribution in [3.05, 3.63) is 28.2 Å². The van der Waals surface area contributed by atoms with Crippen LogP contribution in [-0.2, 0) is 5.41 Å². The van der Waals surface area contributed by atoms with Gasteiger partial charge in [0.25, 0.3) is 0 Å². The molecule has 0 aliphatic carbocycles. The average Bonchev–Trinajstić information content (AvgIpc) is 2.83. The number of nitrogens with zero attached hydrogens (tertiary/aromatic N) is 1. The van der Waals surface area contributed by atoms with Gasteiger partial charge in [0.2, 0.25) is 0 Å². The lowest BCUT2D eigenvalue weighted by atomic mass is 9.77. The van der Waals surface area contributed by atoms with Gasteiger partial charge in [-0.3, -0.25) is 0 Å². The lowest BCUT2D eigenvalue weighted by molar-refractivity contribution is 0.297. The Morgan fingerprint density at radius 3 is 2.89 bits per heavy atom. The van der Waals surface area contributed by atoms with Gasteiger partial charge in [-0.1, -0.05) is 18.5 Å². The maximum atomic E-state index is 6.05. The molecule has 2 nitrogen and oxygen atoms in total. The summed E-state index contributed by atoms with van der Waals surface area (Å²) in [4.78, 5) is 4.85. The second kappa shape index (κ2) is 4.80. The number of halogens is 1. The van der Waals surface area contributed by atoms with Gasteiger partial charge in [-0.25, -0.2) is 4.98 Å². The quantitative estimate of drug-likeness (QED) is 0.900. The number of hydrogen-bond acceptors (Lipinski definition) is 3. The van der Waals surface area contributed by atoms with Crippen molar-refractivity contribution < 1.29 is 0 Å². The molecule has 18 heavy (non-hydrogen) atoms. The minimum Gasteiger partial charge on any atom is -0.317 e. The summed E-state index contributed by atoms with van der Waals surface area (Å²) in [5.74, 6) is 0. The zero-order chi connectivity index (χ0) is 12.6. The van der Waals surface area contributed by atoms with Crippen molar-refractivity contribution in [1.82, 2.24) is 10.3 Å². The highest BCUT2D eigenvalue weighted by atomic mass is 35.5. The topological polar surface area (TPSA) is 24.9 Å². The highest BCUT2D eigenvalue weighted by Crippen LogP contribution is 2.40. The molecular formula is C14H17ClN2S. The molecule has 1 N–H and O–H groups in total. The highest BCUT2D eigenvalue weighted by Gasteiger charge is 2.34. The Labute approximate surface area is 116 Å². The summed E-state index contributed by atoms with van der Waals surface area (Å²) in [6.45, 7) is 4.49. The lowest BCUT2D eigenvalue weighted by Gasteiger charge is -2.34. The Hall–Kier alpha value is -0.640. The molecule has 2 aromatic rings. The predicted molar refractivity (Wildman–Crippen MR) is 78.7 cm³/mol. The van der Waals surface area contributed by atoms with Crippen LogP contribution in [0.3, 0.4) is 0 Å². The highest BCUT2D eigenvalue weighted by molar-refractivity contribution is 7.18. The lowest BCUT2D eigenvalue weighted by Crippen LogP contribution is -2.39. The number of piperidine rings is 1. The minimum absolute atomic E-state index is 0.279. The van der Waals surface area contributed by atoms with Gasteiger partial charge in [0.05, 0.1) is 10.2 Å². The second-order valence-electron chi connectivity index (χ2n) is 5.01. The SMILES string of the molecule is CCC1(c2nc3ccc(Cl)cc3s2)CCNCC1. The van der Waals surface area contributed by atoms with Crippen LogP contribution in [0, 0.1) is 0 Å². The monoisotopic (exact) mass is 280 g/mol. The van der Waals surface area contributed by atoms with E-state index in [2.05, 4.69) is 12.2 Å². The first-order chi connectivity index (χ1) is 8.73. The maximum Gasteiger partial charge on any atom is 0.100 e. The summed E-state index contributed by atoms with van der Waals surface area (Å²) < 4.78 is 1.21. The average molecular weight is 281 g/mol. The Morgan fingerprint density at radius 2 is 2.17 bits per heavy atom. The van der Waals surface area contributed by atoms with Gasteiger partial charge >= 0.3 is 0 Å². The van der Waals surface area contributed by atoms with Crippen molar-refractivity contribution in [3.63, 3.8) is 0 Å². The van der Waals surface area contributed by atoms with E-state index < -0.39 is 0 Å². The van der Waals surface area contributed by atoms with Crippen LogP contribution in [0.1, 0.15) is 31.2 Å². The number of hydrogen-bond donors (Lipinski definition) is 1. The fourth-order valence-corrected chi connectivity index (χ4v) is 4.31. The summed E-state index contributed by atoms with van der Waals surface area (Å²) in [5, 5.41) is 5.54. The number of aromatic nitrogens is 1. The Balaban J connectivity index is 2.06. The second-order valence-corrected chi connectivity index (χ2v) is 6.48. The van der Waals surface area contributed by atoms with E-state index in [1.807, 2.05) is 29.5 Å². The molecule has 0 radical (unpaired) electrons. The molecule has 1 aromatic heterocycles. The molecular weight excluding hydrogens is 264 g/mol. The Kier molecular flexibility index (Phi) is 3.31. The van der Waals surface area contributed by atoms with Crippen LogP contribution < -0.4 is 5.32 Å². The molecule has 0 unspecified atom stereocenters. The van der Waals surface area contributed by atoms with Gasteiger partial charge in [-0.2, -0.15) is 0 Å². The number of nitrogens with one attached hydrogen (secondary N) is 1. The first-order valence-electron chi connectivity index (χ1n) is 6.51. The molecule has 96 valence electrons. The van der Waals surface area contributed by atoms with Gasteiger partial charge in [-0.15, -0.1) is 11.3 Å². The van der Waals surface area contributed by atoms with Crippen molar-refractivity contribution >= 4 is 33.2 Å². The van der Waals surface area contributed by atoms with E-state index >= 15 is 0 Å². The third-order valence-electron chi connectivity index (χ3n) is 4.04. The molecule has 1 fully saturated rings. The molecule has 1 saturated heterocycles. The molecule has 1 aliphatic rings. The van der Waals surface area contributed by atoms with E-state index in [1.165, 1.54) is 29.0 Å². The Bertz CT molecular complexity index is 558. The van der Waals surface area contributed by atoms with Crippen LogP contribution in [0.4, 0.5) is 0 Å². The predicted octanol–water partition coefficient (Wildman–Crippen LogP) is 3.98. The molecule has 0 spiro atoms. The molecule has 0 saturated carbocycles. The number of fused-ring (bicyclic) bond motifs is 1. The zero-order valence-electron chi connectivity index (χ0n) is 10.5. The fourth-order valence-electron chi connectivity index (χ4n) is 2.75. The van der Waals surface area contributed by atoms with Crippen LogP contribution in [0.25, 0.3) is 10.2 Å². The van der Waals surface area contributed by atoms with Crippen LogP contribution in [0.15, 0.2) is 18.2 Å². The van der Waals surface area contributed by atoms with Crippen LogP contribution in [-0.4, -0.2) is 18.1 Å². The largest absolute Gasteiger partial charge is 0.317 e. The summed E-state index contributed by atoms with van der Waals surface area (Å²) >= 11 is 7.87. The van der Waals surface area contributed by atoms with Gasteiger partial charge < -0.3 is 5.32 Å². The number of rotatable bonds is 2. The van der Waals surface area contributed by atoms with E-state index in [0.717, 1.165) is 23.6 Å². The molecule has 2 heterocycles. The smallest absolute Gasteiger partial charge is 0.100 e. The molecule has 0 bridgehead atoms. The molecule has 0 atom stereocenters. The number of thiazole rings is 1. The van der Waals surface area contributed by atoms with Gasteiger partial charge in [0.15, 0.2) is 0 Å². The minimum atomic E-state index is 0.279. The van der Waals surface area contributed by atoms with E-state index in [4.69, 9.17) is 16.6 Å². The number of benzene rings is 1. The molecule has 3 rings (SSSR count). The van der Waals surface area contributed by atoms with Crippen LogP contribution in [0.5, 0.6) is 0 Å². The van der Waals surface area contributed by atoms with Crippen molar-refractivity contribution in [2.45, 2.75) is 31.6 Å². The summed E-state index contributed by atoms with van der Waals surface area (Å²) in [5.41, 5.74) is 1.37. The first kappa shape index (κ1) is 12.4. The molecule has 4 heteroatoms. The standard InChI is InChI=1S/C14H17ClN2S/c1-2-14(5-7-16-8-6-14)13-17-11-4-3-10(15)9-12(11)18-13/h3-4,9,16H,2,5-8H2,1H3. The zero-order valence-corrected chi connectivity index (χ0v) is 12.1. The van der Waals surface area contributed by atoms with E-state index in [1.54, 1.807) is 0 Å². The van der Waals surface area contributed by atoms with Crippen molar-refractivity contribution in [2.24, 2.45) is 0 Å². The Morgan fingerprint density at radius 1 is 1.39 bits per heavy atom. The molecule has 1 aromatic carbocycles. The normalized spacial score (nSPS) is 19.2. The van der Waals surface area contributed by atoms with Crippen molar-refractivity contribution in [3.8, 4) is 0 Å². The van der Waals surface area contributed by atoms with Gasteiger partial charge in [0, 0.05) is 10.4 Å². The summed E-state index contributed by atoms with van der Waals surface area (Å²) in [7, 11) is 0. The van der Waals surface area contributed by atoms with E-state index in [-0.39, 0.29) is 5.41 Å². The summed E-state index contributed by atoms with van der Waals surface area (Å²) in [6.07, 6.45) is 3.55. The van der Waals surface area contributed by atoms with Crippen molar-refractivity contribution in [2.75, 3.05) is 13.1 Å². The van der Waals surface area contributed by atoms with Gasteiger partial charge in [-0.05, 0) is 50.6 Å². The summed E-state index contributed by atoms with van der Waals surface area (Å²) in [6, 6.07) is 5.99. The molecule has 1 aliphatic heterocycles. The van der Waals surface area contributed by atoms with Crippen LogP contribution in [0.2, 0.25) is 5.02 Å². The maximum absolute atomic E-state index is 6.05. The third kappa shape index (κ3) is 2.04. The fraction of sp³-hybridized carbons (Fsp3) is 0.500. The van der Waals surface area contributed by atoms with Gasteiger partial charge in [0.1, 0.15) is 5.01 Å². The first-order valence-corrected chi connectivity index (χ1v) is 7.70. The van der Waals surface area contributed by atoms with Crippen LogP contribution >= 0.6 is 22.9 Å². The van der Waals surface area contributed by atoms with E-state index in [9.17, 15) is 0 Å². The third-order valence-corrected chi connectivity index (χ3v) is 5.54. The van der Waals surface area contributed by atoms with E-state index in [0.29, 0.717) is 0 Å². The molecule has 0 amide bonds.